The van der Waals surface area contributed by atoms with Gasteiger partial charge in [-0.2, -0.15) is 0 Å². The van der Waals surface area contributed by atoms with Gasteiger partial charge in [0.15, 0.2) is 0 Å². The van der Waals surface area contributed by atoms with Gasteiger partial charge in [-0.05, 0) is 66.7 Å². The van der Waals surface area contributed by atoms with Crippen LogP contribution in [0.4, 0.5) is 10.5 Å². The normalized spacial score (nSPS) is 14.2. The molecule has 8 nitrogen and oxygen atoms in total. The van der Waals surface area contributed by atoms with E-state index < -0.39 is 29.6 Å². The number of carbonyl (C=O) groups excluding carboxylic acids is 4. The Kier molecular flexibility index (Phi) is 8.93. The van der Waals surface area contributed by atoms with Crippen molar-refractivity contribution in [3.8, 4) is 0 Å². The van der Waals surface area contributed by atoms with Crippen molar-refractivity contribution in [3.05, 3.63) is 104 Å². The molecule has 1 saturated heterocycles. The summed E-state index contributed by atoms with van der Waals surface area (Å²) in [6, 6.07) is 17.3. The molecular formula is C30H22Cl3N3O5S. The third-order valence-electron chi connectivity index (χ3n) is 6.38. The molecule has 1 aliphatic heterocycles. The Hall–Kier alpha value is -3.76. The second kappa shape index (κ2) is 12.6. The van der Waals surface area contributed by atoms with E-state index in [0.29, 0.717) is 16.6 Å². The van der Waals surface area contributed by atoms with Crippen LogP contribution in [0.15, 0.2) is 71.8 Å². The number of rotatable bonds is 8. The minimum atomic E-state index is -0.632. The fourth-order valence-corrected chi connectivity index (χ4v) is 5.94. The number of thioether (sulfide) groups is 1. The Morgan fingerprint density at radius 2 is 1.79 bits per heavy atom. The molecule has 1 aliphatic rings. The molecule has 0 saturated carbocycles. The standard InChI is InChI=1S/C30H22Cl3N3O5S/c1-2-41-29(39)22-13-20(9-10-23(22)32)34-27(37)16-36-28(38)26(42-30(36)40)11-18-15-35(25-6-4-3-5-21(18)25)14-17-7-8-19(31)12-24(17)33/h3-13,15H,2,14,16H2,1H3,(H,34,37)/b26-11+. The zero-order valence-electron chi connectivity index (χ0n) is 22.0. The molecule has 4 aromatic rings. The molecule has 214 valence electrons. The third-order valence-corrected chi connectivity index (χ3v) is 8.21. The van der Waals surface area contributed by atoms with Crippen molar-refractivity contribution in [1.82, 2.24) is 9.47 Å². The first-order valence-electron chi connectivity index (χ1n) is 12.7. The van der Waals surface area contributed by atoms with Crippen molar-refractivity contribution in [2.24, 2.45) is 0 Å². The number of anilines is 1. The molecule has 2 heterocycles. The third kappa shape index (κ3) is 6.34. The van der Waals surface area contributed by atoms with Crippen LogP contribution in [0.5, 0.6) is 0 Å². The summed E-state index contributed by atoms with van der Waals surface area (Å²) in [7, 11) is 0. The van der Waals surface area contributed by atoms with Crippen LogP contribution in [0.25, 0.3) is 17.0 Å². The monoisotopic (exact) mass is 641 g/mol. The van der Waals surface area contributed by atoms with Gasteiger partial charge in [0.25, 0.3) is 11.1 Å². The maximum absolute atomic E-state index is 13.2. The van der Waals surface area contributed by atoms with Crippen molar-refractivity contribution in [2.45, 2.75) is 13.5 Å². The summed E-state index contributed by atoms with van der Waals surface area (Å²) >= 11 is 19.3. The molecule has 12 heteroatoms. The van der Waals surface area contributed by atoms with E-state index >= 15 is 0 Å². The van der Waals surface area contributed by atoms with E-state index in [2.05, 4.69) is 5.32 Å². The number of para-hydroxylation sites is 1. The average molecular weight is 643 g/mol. The van der Waals surface area contributed by atoms with Gasteiger partial charge in [0.05, 0.1) is 22.1 Å². The first-order valence-corrected chi connectivity index (χ1v) is 14.6. The molecule has 1 fully saturated rings. The number of aromatic nitrogens is 1. The predicted octanol–water partition coefficient (Wildman–Crippen LogP) is 7.50. The van der Waals surface area contributed by atoms with E-state index in [1.165, 1.54) is 18.2 Å². The van der Waals surface area contributed by atoms with Gasteiger partial charge in [0.1, 0.15) is 6.54 Å². The number of hydrogen-bond acceptors (Lipinski definition) is 6. The summed E-state index contributed by atoms with van der Waals surface area (Å²) in [4.78, 5) is 51.9. The number of hydrogen-bond donors (Lipinski definition) is 1. The smallest absolute Gasteiger partial charge is 0.339 e. The maximum Gasteiger partial charge on any atom is 0.339 e. The Balaban J connectivity index is 1.34. The summed E-state index contributed by atoms with van der Waals surface area (Å²) in [5.74, 6) is -1.83. The van der Waals surface area contributed by atoms with E-state index in [-0.39, 0.29) is 27.8 Å². The van der Waals surface area contributed by atoms with Gasteiger partial charge in [-0.15, -0.1) is 0 Å². The number of halogens is 3. The van der Waals surface area contributed by atoms with E-state index in [4.69, 9.17) is 39.5 Å². The predicted molar refractivity (Wildman–Crippen MR) is 166 cm³/mol. The van der Waals surface area contributed by atoms with Gasteiger partial charge in [-0.1, -0.05) is 59.1 Å². The lowest BCUT2D eigenvalue weighted by Gasteiger charge is -2.13. The summed E-state index contributed by atoms with van der Waals surface area (Å²) < 4.78 is 6.98. The molecule has 1 N–H and O–H groups in total. The van der Waals surface area contributed by atoms with Gasteiger partial charge < -0.3 is 14.6 Å². The number of imide groups is 1. The molecule has 0 radical (unpaired) electrons. The summed E-state index contributed by atoms with van der Waals surface area (Å²) in [6.07, 6.45) is 3.54. The minimum Gasteiger partial charge on any atom is -0.462 e. The Morgan fingerprint density at radius 1 is 1.00 bits per heavy atom. The number of nitrogens with one attached hydrogen (secondary N) is 1. The topological polar surface area (TPSA) is 97.7 Å². The highest BCUT2D eigenvalue weighted by Crippen LogP contribution is 2.35. The lowest BCUT2D eigenvalue weighted by Crippen LogP contribution is -2.36. The SMILES string of the molecule is CCOC(=O)c1cc(NC(=O)CN2C(=O)S/C(=C/c3cn(Cc4ccc(Cl)cc4Cl)c4ccccc34)C2=O)ccc1Cl. The Labute approximate surface area is 260 Å². The second-order valence-corrected chi connectivity index (χ2v) is 11.4. The van der Waals surface area contributed by atoms with Gasteiger partial charge >= 0.3 is 5.97 Å². The summed E-state index contributed by atoms with van der Waals surface area (Å²) in [5, 5.41) is 4.16. The Bertz CT molecular complexity index is 1790. The van der Waals surface area contributed by atoms with E-state index in [9.17, 15) is 19.2 Å². The van der Waals surface area contributed by atoms with Crippen LogP contribution < -0.4 is 5.32 Å². The van der Waals surface area contributed by atoms with E-state index in [1.807, 2.05) is 41.1 Å². The van der Waals surface area contributed by atoms with Crippen molar-refractivity contribution < 1.29 is 23.9 Å². The number of benzene rings is 3. The molecule has 3 amide bonds. The second-order valence-electron chi connectivity index (χ2n) is 9.20. The zero-order valence-corrected chi connectivity index (χ0v) is 25.1. The quantitative estimate of drug-likeness (QED) is 0.158. The van der Waals surface area contributed by atoms with Crippen molar-refractivity contribution in [2.75, 3.05) is 18.5 Å². The van der Waals surface area contributed by atoms with Gasteiger partial charge in [0.2, 0.25) is 5.91 Å². The van der Waals surface area contributed by atoms with Gasteiger partial charge in [-0.25, -0.2) is 4.79 Å². The molecular weight excluding hydrogens is 621 g/mol. The highest BCUT2D eigenvalue weighted by atomic mass is 35.5. The first kappa shape index (κ1) is 29.7. The molecule has 3 aromatic carbocycles. The summed E-state index contributed by atoms with van der Waals surface area (Å²) in [6.45, 7) is 1.79. The molecule has 42 heavy (non-hydrogen) atoms. The molecule has 5 rings (SSSR count). The number of carbonyl (C=O) groups is 4. The van der Waals surface area contributed by atoms with Crippen molar-refractivity contribution in [3.63, 3.8) is 0 Å². The maximum atomic E-state index is 13.2. The Morgan fingerprint density at radius 3 is 2.55 bits per heavy atom. The van der Waals surface area contributed by atoms with E-state index in [0.717, 1.165) is 38.7 Å². The molecule has 0 bridgehead atoms. The number of nitrogens with zero attached hydrogens (tertiary/aromatic N) is 2. The van der Waals surface area contributed by atoms with E-state index in [1.54, 1.807) is 25.1 Å². The number of ether oxygens (including phenoxy) is 1. The fraction of sp³-hybridized carbons (Fsp3) is 0.133. The van der Waals surface area contributed by atoms with Crippen LogP contribution in [0, 0.1) is 0 Å². The molecule has 0 spiro atoms. The molecule has 1 aromatic heterocycles. The fourth-order valence-electron chi connectivity index (χ4n) is 4.44. The number of fused-ring (bicyclic) bond motifs is 1. The molecule has 0 aliphatic carbocycles. The largest absolute Gasteiger partial charge is 0.462 e. The van der Waals surface area contributed by atoms with Crippen LogP contribution in [0.1, 0.15) is 28.4 Å². The average Bonchev–Trinajstić information content (AvgIpc) is 3.43. The van der Waals surface area contributed by atoms with Crippen LogP contribution in [-0.2, 0) is 20.9 Å². The zero-order chi connectivity index (χ0) is 30.0. The van der Waals surface area contributed by atoms with Crippen LogP contribution in [0.3, 0.4) is 0 Å². The summed E-state index contributed by atoms with van der Waals surface area (Å²) in [5.41, 5.74) is 2.87. The van der Waals surface area contributed by atoms with Crippen LogP contribution >= 0.6 is 46.6 Å². The van der Waals surface area contributed by atoms with Crippen LogP contribution in [-0.4, -0.2) is 45.6 Å². The minimum absolute atomic E-state index is 0.0860. The lowest BCUT2D eigenvalue weighted by atomic mass is 10.1. The lowest BCUT2D eigenvalue weighted by molar-refractivity contribution is -0.127. The van der Waals surface area contributed by atoms with Gasteiger partial charge in [-0.3, -0.25) is 19.3 Å². The number of esters is 1. The van der Waals surface area contributed by atoms with Crippen molar-refractivity contribution in [1.29, 1.82) is 0 Å². The van der Waals surface area contributed by atoms with Crippen molar-refractivity contribution >= 4 is 92.3 Å². The van der Waals surface area contributed by atoms with Crippen LogP contribution in [0.2, 0.25) is 15.1 Å². The highest BCUT2D eigenvalue weighted by Gasteiger charge is 2.36. The highest BCUT2D eigenvalue weighted by molar-refractivity contribution is 8.18. The van der Waals surface area contributed by atoms with Gasteiger partial charge in [0, 0.05) is 44.9 Å². The molecule has 0 atom stereocenters. The molecule has 0 unspecified atom stereocenters. The number of amides is 3. The first-order chi connectivity index (χ1) is 20.1.